The van der Waals surface area contributed by atoms with Crippen molar-refractivity contribution in [1.29, 1.82) is 0 Å². The van der Waals surface area contributed by atoms with Crippen LogP contribution < -0.4 is 9.64 Å². The third-order valence-corrected chi connectivity index (χ3v) is 5.93. The highest BCUT2D eigenvalue weighted by Gasteiger charge is 2.57. The second-order valence-electron chi connectivity index (χ2n) is 7.68. The summed E-state index contributed by atoms with van der Waals surface area (Å²) < 4.78 is 11.8. The second-order valence-corrected chi connectivity index (χ2v) is 7.68. The van der Waals surface area contributed by atoms with Gasteiger partial charge in [-0.3, -0.25) is 4.79 Å². The minimum Gasteiger partial charge on any atom is -0.508 e. The van der Waals surface area contributed by atoms with E-state index in [0.717, 1.165) is 36.3 Å². The van der Waals surface area contributed by atoms with E-state index in [2.05, 4.69) is 6.92 Å². The zero-order valence-electron chi connectivity index (χ0n) is 14.7. The standard InChI is InChI=1S/C21H21NO4/c1-20(9-4-10-26-20)12-22-17-6-3-2-5-15(17)21(19(22)24)13-25-18-11-14(23)7-8-16(18)21/h2-3,5-8,11,23H,4,9-10,12-13H2,1H3. The van der Waals surface area contributed by atoms with Gasteiger partial charge in [0, 0.05) is 23.9 Å². The van der Waals surface area contributed by atoms with Crippen molar-refractivity contribution in [2.75, 3.05) is 24.7 Å². The highest BCUT2D eigenvalue weighted by atomic mass is 16.5. The van der Waals surface area contributed by atoms with Crippen LogP contribution in [0.25, 0.3) is 0 Å². The number of carbonyl (C=O) groups is 1. The topological polar surface area (TPSA) is 59.0 Å². The van der Waals surface area contributed by atoms with Gasteiger partial charge >= 0.3 is 0 Å². The maximum absolute atomic E-state index is 13.7. The summed E-state index contributed by atoms with van der Waals surface area (Å²) in [6, 6.07) is 12.9. The van der Waals surface area contributed by atoms with Crippen LogP contribution in [0.1, 0.15) is 30.9 Å². The SMILES string of the molecule is CC1(CN2C(=O)C3(COc4cc(O)ccc43)c3ccccc32)CCCO1. The van der Waals surface area contributed by atoms with E-state index in [1.165, 1.54) is 0 Å². The predicted molar refractivity (Wildman–Crippen MR) is 96.8 cm³/mol. The average molecular weight is 351 g/mol. The Kier molecular flexibility index (Phi) is 3.16. The Bertz CT molecular complexity index is 903. The molecule has 2 atom stereocenters. The lowest BCUT2D eigenvalue weighted by atomic mass is 9.77. The molecule has 5 heteroatoms. The Morgan fingerprint density at radius 2 is 2.04 bits per heavy atom. The van der Waals surface area contributed by atoms with E-state index in [4.69, 9.17) is 9.47 Å². The van der Waals surface area contributed by atoms with E-state index < -0.39 is 5.41 Å². The van der Waals surface area contributed by atoms with Gasteiger partial charge in [-0.15, -0.1) is 0 Å². The van der Waals surface area contributed by atoms with Crippen LogP contribution >= 0.6 is 0 Å². The van der Waals surface area contributed by atoms with Crippen molar-refractivity contribution in [3.63, 3.8) is 0 Å². The lowest BCUT2D eigenvalue weighted by Gasteiger charge is -2.30. The second kappa shape index (κ2) is 5.24. The minimum atomic E-state index is -0.839. The Hall–Kier alpha value is -2.53. The van der Waals surface area contributed by atoms with Crippen LogP contribution in [0.4, 0.5) is 5.69 Å². The number of phenolic OH excluding ortho intramolecular Hbond substituents is 1. The fourth-order valence-corrected chi connectivity index (χ4v) is 4.62. The highest BCUT2D eigenvalue weighted by molar-refractivity contribution is 6.11. The molecule has 5 nitrogen and oxygen atoms in total. The number of para-hydroxylation sites is 1. The van der Waals surface area contributed by atoms with Gasteiger partial charge in [0.15, 0.2) is 0 Å². The van der Waals surface area contributed by atoms with Crippen molar-refractivity contribution in [2.45, 2.75) is 30.8 Å². The Morgan fingerprint density at radius 1 is 1.19 bits per heavy atom. The molecule has 2 unspecified atom stereocenters. The molecule has 1 N–H and O–H groups in total. The Balaban J connectivity index is 1.64. The number of carbonyl (C=O) groups excluding carboxylic acids is 1. The molecule has 2 aromatic carbocycles. The summed E-state index contributed by atoms with van der Waals surface area (Å²) in [6.07, 6.45) is 1.98. The zero-order valence-corrected chi connectivity index (χ0v) is 14.7. The van der Waals surface area contributed by atoms with Gasteiger partial charge in [0.05, 0.1) is 12.1 Å². The highest BCUT2D eigenvalue weighted by Crippen LogP contribution is 2.53. The fraction of sp³-hybridized carbons (Fsp3) is 0.381. The maximum atomic E-state index is 13.7. The molecule has 1 spiro atoms. The van der Waals surface area contributed by atoms with Crippen LogP contribution in [0.2, 0.25) is 0 Å². The molecular formula is C21H21NO4. The van der Waals surface area contributed by atoms with Crippen LogP contribution in [0.3, 0.4) is 0 Å². The number of anilines is 1. The van der Waals surface area contributed by atoms with Gasteiger partial charge < -0.3 is 19.5 Å². The summed E-state index contributed by atoms with van der Waals surface area (Å²) >= 11 is 0. The summed E-state index contributed by atoms with van der Waals surface area (Å²) in [5.41, 5.74) is 1.57. The molecule has 0 aromatic heterocycles. The van der Waals surface area contributed by atoms with Crippen molar-refractivity contribution in [2.24, 2.45) is 0 Å². The molecular weight excluding hydrogens is 330 g/mol. The minimum absolute atomic E-state index is 0.0277. The first kappa shape index (κ1) is 15.7. The summed E-state index contributed by atoms with van der Waals surface area (Å²) in [5.74, 6) is 0.751. The number of hydrogen-bond acceptors (Lipinski definition) is 4. The molecule has 1 saturated heterocycles. The van der Waals surface area contributed by atoms with Gasteiger partial charge in [0.1, 0.15) is 23.5 Å². The molecule has 0 aliphatic carbocycles. The number of benzene rings is 2. The lowest BCUT2D eigenvalue weighted by molar-refractivity contribution is -0.123. The van der Waals surface area contributed by atoms with Crippen molar-refractivity contribution in [3.05, 3.63) is 53.6 Å². The molecule has 2 aromatic rings. The lowest BCUT2D eigenvalue weighted by Crippen LogP contribution is -2.48. The van der Waals surface area contributed by atoms with Crippen LogP contribution in [0.15, 0.2) is 42.5 Å². The van der Waals surface area contributed by atoms with E-state index in [1.54, 1.807) is 12.1 Å². The number of rotatable bonds is 2. The number of ether oxygens (including phenoxy) is 2. The molecule has 1 fully saturated rings. The van der Waals surface area contributed by atoms with Crippen LogP contribution in [-0.2, 0) is 14.9 Å². The van der Waals surface area contributed by atoms with E-state index in [0.29, 0.717) is 12.3 Å². The van der Waals surface area contributed by atoms with Gasteiger partial charge in [0.2, 0.25) is 5.91 Å². The third kappa shape index (κ3) is 1.98. The molecule has 0 bridgehead atoms. The number of phenols is 1. The molecule has 5 rings (SSSR count). The summed E-state index contributed by atoms with van der Waals surface area (Å²) in [5, 5.41) is 9.77. The van der Waals surface area contributed by atoms with Gasteiger partial charge in [-0.2, -0.15) is 0 Å². The Labute approximate surface area is 152 Å². The fourth-order valence-electron chi connectivity index (χ4n) is 4.62. The first-order chi connectivity index (χ1) is 12.5. The number of aromatic hydroxyl groups is 1. The van der Waals surface area contributed by atoms with Crippen molar-refractivity contribution in [3.8, 4) is 11.5 Å². The predicted octanol–water partition coefficient (Wildman–Crippen LogP) is 2.99. The number of nitrogens with zero attached hydrogens (tertiary/aromatic N) is 1. The molecule has 3 aliphatic rings. The van der Waals surface area contributed by atoms with E-state index in [1.807, 2.05) is 35.2 Å². The normalized spacial score (nSPS) is 29.1. The molecule has 26 heavy (non-hydrogen) atoms. The van der Waals surface area contributed by atoms with Gasteiger partial charge in [0.25, 0.3) is 0 Å². The molecule has 3 aliphatic heterocycles. The third-order valence-electron chi connectivity index (χ3n) is 5.93. The number of fused-ring (bicyclic) bond motifs is 4. The van der Waals surface area contributed by atoms with Crippen LogP contribution in [0.5, 0.6) is 11.5 Å². The maximum Gasteiger partial charge on any atom is 0.245 e. The van der Waals surface area contributed by atoms with Gasteiger partial charge in [-0.25, -0.2) is 0 Å². The zero-order chi connectivity index (χ0) is 17.9. The van der Waals surface area contributed by atoms with Crippen molar-refractivity contribution >= 4 is 11.6 Å². The average Bonchev–Trinajstić information content (AvgIpc) is 3.29. The molecule has 1 amide bonds. The van der Waals surface area contributed by atoms with Crippen molar-refractivity contribution < 1.29 is 19.4 Å². The molecule has 0 radical (unpaired) electrons. The quantitative estimate of drug-likeness (QED) is 0.904. The molecule has 3 heterocycles. The largest absolute Gasteiger partial charge is 0.508 e. The summed E-state index contributed by atoms with van der Waals surface area (Å²) in [7, 11) is 0. The van der Waals surface area contributed by atoms with Crippen molar-refractivity contribution in [1.82, 2.24) is 0 Å². The van der Waals surface area contributed by atoms with E-state index in [-0.39, 0.29) is 23.9 Å². The van der Waals surface area contributed by atoms with Gasteiger partial charge in [-0.05, 0) is 37.5 Å². The first-order valence-electron chi connectivity index (χ1n) is 9.05. The van der Waals surface area contributed by atoms with E-state index in [9.17, 15) is 9.90 Å². The first-order valence-corrected chi connectivity index (χ1v) is 9.05. The monoisotopic (exact) mass is 351 g/mol. The van der Waals surface area contributed by atoms with Gasteiger partial charge in [-0.1, -0.05) is 24.3 Å². The summed E-state index contributed by atoms with van der Waals surface area (Å²) in [6.45, 7) is 3.63. The summed E-state index contributed by atoms with van der Waals surface area (Å²) in [4.78, 5) is 15.6. The van der Waals surface area contributed by atoms with Crippen LogP contribution in [-0.4, -0.2) is 36.4 Å². The number of amides is 1. The number of hydrogen-bond donors (Lipinski definition) is 1. The van der Waals surface area contributed by atoms with E-state index >= 15 is 0 Å². The Morgan fingerprint density at radius 3 is 2.85 bits per heavy atom. The smallest absolute Gasteiger partial charge is 0.245 e. The van der Waals surface area contributed by atoms with Crippen LogP contribution in [0, 0.1) is 0 Å². The molecule has 134 valence electrons. The molecule has 0 saturated carbocycles.